The number of hydrogen-bond donors (Lipinski definition) is 1. The van der Waals surface area contributed by atoms with Crippen molar-refractivity contribution < 1.29 is 4.21 Å². The first-order valence-corrected chi connectivity index (χ1v) is 4.54. The molecule has 0 amide bonds. The van der Waals surface area contributed by atoms with Crippen LogP contribution in [0.4, 0.5) is 0 Å². The van der Waals surface area contributed by atoms with Gasteiger partial charge in [-0.3, -0.25) is 4.21 Å². The minimum absolute atomic E-state index is 0. The van der Waals surface area contributed by atoms with E-state index in [0.717, 1.165) is 18.8 Å². The monoisotopic (exact) mass is 183 g/mol. The van der Waals surface area contributed by atoms with Crippen molar-refractivity contribution in [1.82, 2.24) is 5.32 Å². The second kappa shape index (κ2) is 3.69. The van der Waals surface area contributed by atoms with Crippen LogP contribution >= 0.6 is 12.4 Å². The standard InChI is InChI=1S/C6H13NOS.ClH/c1-6(2)5-7-3-4-9(6)8;/h7H,3-5H2,1-2H3;1H. The van der Waals surface area contributed by atoms with Gasteiger partial charge in [-0.15, -0.1) is 12.4 Å². The molecule has 0 aromatic rings. The van der Waals surface area contributed by atoms with E-state index in [9.17, 15) is 4.21 Å². The van der Waals surface area contributed by atoms with Gasteiger partial charge in [-0.1, -0.05) is 0 Å². The molecule has 4 heteroatoms. The average Bonchev–Trinajstić information content (AvgIpc) is 1.77. The van der Waals surface area contributed by atoms with Crippen molar-refractivity contribution in [3.05, 3.63) is 0 Å². The summed E-state index contributed by atoms with van der Waals surface area (Å²) in [6, 6.07) is 0. The molecule has 1 N–H and O–H groups in total. The van der Waals surface area contributed by atoms with Crippen molar-refractivity contribution >= 4 is 23.2 Å². The van der Waals surface area contributed by atoms with E-state index < -0.39 is 10.8 Å². The summed E-state index contributed by atoms with van der Waals surface area (Å²) < 4.78 is 11.2. The summed E-state index contributed by atoms with van der Waals surface area (Å²) in [6.07, 6.45) is 0. The van der Waals surface area contributed by atoms with E-state index in [1.807, 2.05) is 13.8 Å². The molecule has 0 aromatic carbocycles. The van der Waals surface area contributed by atoms with Crippen LogP contribution in [-0.2, 0) is 10.8 Å². The molecule has 2 nitrogen and oxygen atoms in total. The maximum Gasteiger partial charge on any atom is 0.0527 e. The van der Waals surface area contributed by atoms with Crippen LogP contribution in [0.25, 0.3) is 0 Å². The predicted octanol–water partition coefficient (Wildman–Crippen LogP) is 0.539. The Labute approximate surface area is 70.6 Å². The molecule has 1 atom stereocenters. The summed E-state index contributed by atoms with van der Waals surface area (Å²) in [6.45, 7) is 5.88. The fraction of sp³-hybridized carbons (Fsp3) is 1.00. The van der Waals surface area contributed by atoms with Gasteiger partial charge in [0.25, 0.3) is 0 Å². The van der Waals surface area contributed by atoms with Crippen LogP contribution in [-0.4, -0.2) is 27.8 Å². The smallest absolute Gasteiger partial charge is 0.0527 e. The number of halogens is 1. The highest BCUT2D eigenvalue weighted by Crippen LogP contribution is 2.13. The Morgan fingerprint density at radius 2 is 2.10 bits per heavy atom. The Morgan fingerprint density at radius 3 is 2.40 bits per heavy atom. The molecule has 1 aliphatic heterocycles. The van der Waals surface area contributed by atoms with Gasteiger partial charge in [0.1, 0.15) is 0 Å². The molecule has 1 heterocycles. The third-order valence-electron chi connectivity index (χ3n) is 1.63. The summed E-state index contributed by atoms with van der Waals surface area (Å²) in [5, 5.41) is 3.21. The summed E-state index contributed by atoms with van der Waals surface area (Å²) >= 11 is 0. The van der Waals surface area contributed by atoms with Gasteiger partial charge in [-0.05, 0) is 13.8 Å². The highest BCUT2D eigenvalue weighted by atomic mass is 35.5. The van der Waals surface area contributed by atoms with Crippen LogP contribution in [0.15, 0.2) is 0 Å². The Kier molecular flexibility index (Phi) is 3.84. The van der Waals surface area contributed by atoms with Crippen molar-refractivity contribution in [1.29, 1.82) is 0 Å². The van der Waals surface area contributed by atoms with Crippen molar-refractivity contribution in [2.24, 2.45) is 0 Å². The van der Waals surface area contributed by atoms with Crippen LogP contribution < -0.4 is 5.32 Å². The van der Waals surface area contributed by atoms with Crippen LogP contribution in [0.5, 0.6) is 0 Å². The quantitative estimate of drug-likeness (QED) is 0.594. The fourth-order valence-corrected chi connectivity index (χ4v) is 2.06. The first-order valence-electron chi connectivity index (χ1n) is 3.22. The van der Waals surface area contributed by atoms with Crippen molar-refractivity contribution in [3.63, 3.8) is 0 Å². The highest BCUT2D eigenvalue weighted by molar-refractivity contribution is 7.86. The van der Waals surface area contributed by atoms with E-state index in [4.69, 9.17) is 0 Å². The third-order valence-corrected chi connectivity index (χ3v) is 3.58. The lowest BCUT2D eigenvalue weighted by molar-refractivity contribution is 0.549. The highest BCUT2D eigenvalue weighted by Gasteiger charge is 2.27. The van der Waals surface area contributed by atoms with Gasteiger partial charge in [-0.25, -0.2) is 0 Å². The number of nitrogens with one attached hydrogen (secondary N) is 1. The molecule has 62 valence electrons. The van der Waals surface area contributed by atoms with E-state index in [1.165, 1.54) is 0 Å². The summed E-state index contributed by atoms with van der Waals surface area (Å²) in [7, 11) is -0.613. The summed E-state index contributed by atoms with van der Waals surface area (Å²) in [4.78, 5) is 0. The van der Waals surface area contributed by atoms with Crippen molar-refractivity contribution in [3.8, 4) is 0 Å². The summed E-state index contributed by atoms with van der Waals surface area (Å²) in [5.41, 5.74) is 0. The lowest BCUT2D eigenvalue weighted by Gasteiger charge is -2.28. The SMILES string of the molecule is CC1(C)CNCCS1=O.Cl. The van der Waals surface area contributed by atoms with Gasteiger partial charge < -0.3 is 5.32 Å². The maximum absolute atomic E-state index is 11.2. The summed E-state index contributed by atoms with van der Waals surface area (Å²) in [5.74, 6) is 0.812. The van der Waals surface area contributed by atoms with E-state index >= 15 is 0 Å². The second-order valence-corrected chi connectivity index (χ2v) is 5.19. The molecule has 1 rings (SSSR count). The first-order chi connectivity index (χ1) is 4.13. The fourth-order valence-electron chi connectivity index (χ4n) is 0.911. The third kappa shape index (κ3) is 2.22. The van der Waals surface area contributed by atoms with Gasteiger partial charge in [0.05, 0.1) is 4.75 Å². The first kappa shape index (κ1) is 10.4. The molecule has 1 fully saturated rings. The van der Waals surface area contributed by atoms with Gasteiger partial charge >= 0.3 is 0 Å². The minimum Gasteiger partial charge on any atom is -0.314 e. The van der Waals surface area contributed by atoms with Gasteiger partial charge in [0, 0.05) is 29.6 Å². The van der Waals surface area contributed by atoms with Gasteiger partial charge in [-0.2, -0.15) is 0 Å². The zero-order chi connectivity index (χ0) is 6.91. The molecule has 0 radical (unpaired) electrons. The molecule has 1 unspecified atom stereocenters. The molecular weight excluding hydrogens is 170 g/mol. The molecule has 0 aromatic heterocycles. The van der Waals surface area contributed by atoms with Crippen LogP contribution in [0.2, 0.25) is 0 Å². The zero-order valence-electron chi connectivity index (χ0n) is 6.35. The van der Waals surface area contributed by atoms with E-state index in [2.05, 4.69) is 5.32 Å². The van der Waals surface area contributed by atoms with Crippen LogP contribution in [0.1, 0.15) is 13.8 Å². The minimum atomic E-state index is -0.613. The van der Waals surface area contributed by atoms with Crippen LogP contribution in [0.3, 0.4) is 0 Å². The Balaban J connectivity index is 0.000000810. The molecule has 0 spiro atoms. The van der Waals surface area contributed by atoms with E-state index in [0.29, 0.717) is 0 Å². The lowest BCUT2D eigenvalue weighted by atomic mass is 10.2. The Hall–Kier alpha value is 0.400. The van der Waals surface area contributed by atoms with Gasteiger partial charge in [0.15, 0.2) is 0 Å². The lowest BCUT2D eigenvalue weighted by Crippen LogP contribution is -2.47. The van der Waals surface area contributed by atoms with Gasteiger partial charge in [0.2, 0.25) is 0 Å². The van der Waals surface area contributed by atoms with E-state index in [1.54, 1.807) is 0 Å². The normalized spacial score (nSPS) is 30.8. The van der Waals surface area contributed by atoms with E-state index in [-0.39, 0.29) is 17.2 Å². The largest absolute Gasteiger partial charge is 0.314 e. The molecule has 1 saturated heterocycles. The Morgan fingerprint density at radius 1 is 1.50 bits per heavy atom. The molecule has 0 saturated carbocycles. The topological polar surface area (TPSA) is 29.1 Å². The number of rotatable bonds is 0. The molecule has 0 aliphatic carbocycles. The molecule has 0 bridgehead atoms. The Bertz CT molecular complexity index is 138. The molecule has 1 aliphatic rings. The van der Waals surface area contributed by atoms with Crippen molar-refractivity contribution in [2.45, 2.75) is 18.6 Å². The zero-order valence-corrected chi connectivity index (χ0v) is 7.98. The second-order valence-electron chi connectivity index (χ2n) is 2.99. The maximum atomic E-state index is 11.2. The molecule has 10 heavy (non-hydrogen) atoms. The van der Waals surface area contributed by atoms with Crippen molar-refractivity contribution in [2.75, 3.05) is 18.8 Å². The molecular formula is C6H14ClNOS. The average molecular weight is 184 g/mol. The predicted molar refractivity (Wildman–Crippen MR) is 47.2 cm³/mol. The van der Waals surface area contributed by atoms with Crippen LogP contribution in [0, 0.1) is 0 Å². The number of hydrogen-bond acceptors (Lipinski definition) is 2.